The van der Waals surface area contributed by atoms with Crippen LogP contribution in [-0.2, 0) is 51.0 Å². The van der Waals surface area contributed by atoms with E-state index in [0.717, 1.165) is 11.1 Å². The first kappa shape index (κ1) is 48.8. The Morgan fingerprint density at radius 1 is 0.780 bits per heavy atom. The highest BCUT2D eigenvalue weighted by Gasteiger charge is 2.43. The van der Waals surface area contributed by atoms with Gasteiger partial charge >= 0.3 is 6.16 Å². The zero-order valence-electron chi connectivity index (χ0n) is 34.8. The number of rotatable bonds is 23. The summed E-state index contributed by atoms with van der Waals surface area (Å²) in [5.41, 5.74) is 0.0608. The first-order valence-electron chi connectivity index (χ1n) is 20.1. The van der Waals surface area contributed by atoms with Gasteiger partial charge in [0.15, 0.2) is 18.0 Å². The summed E-state index contributed by atoms with van der Waals surface area (Å²) in [5.74, 6) is -0.574. The van der Waals surface area contributed by atoms with Crippen LogP contribution in [-0.4, -0.2) is 114 Å². The van der Waals surface area contributed by atoms with E-state index in [2.05, 4.69) is 27.2 Å². The minimum Gasteiger partial charge on any atom is -0.421 e. The zero-order valence-corrected chi connectivity index (χ0v) is 37.0. The second-order valence-electron chi connectivity index (χ2n) is 15.7. The number of ketones is 1. The molecule has 0 aromatic heterocycles. The van der Waals surface area contributed by atoms with Crippen LogP contribution in [0.4, 0.5) is 4.79 Å². The van der Waals surface area contributed by atoms with Gasteiger partial charge in [-0.2, -0.15) is 0 Å². The number of benzene rings is 2. The predicted octanol–water partition coefficient (Wildman–Crippen LogP) is 3.77. The van der Waals surface area contributed by atoms with Crippen LogP contribution in [0.25, 0.3) is 0 Å². The van der Waals surface area contributed by atoms with E-state index >= 15 is 0 Å². The van der Waals surface area contributed by atoms with Gasteiger partial charge in [-0.3, -0.25) is 28.9 Å². The second-order valence-corrected chi connectivity index (χ2v) is 16.5. The van der Waals surface area contributed by atoms with E-state index in [1.165, 1.54) is 6.92 Å². The SMILES string of the molecule is C#CCOC(=O)OC(C)(CI)C(=O)C(CC(C)C)NC(=O)[C@H](Cc1ccccc1)NC(=O)[C@H](CC(C)C)NC(=O)[C@H](CCc1ccccc1)NC(=O)CN1CCOCC1. The van der Waals surface area contributed by atoms with Crippen LogP contribution in [0, 0.1) is 24.2 Å². The average molecular weight is 930 g/mol. The maximum absolute atomic E-state index is 14.3. The average Bonchev–Trinajstić information content (AvgIpc) is 3.21. The molecule has 14 nitrogen and oxygen atoms in total. The summed E-state index contributed by atoms with van der Waals surface area (Å²) in [4.78, 5) is 84.2. The number of amides is 4. The third-order valence-electron chi connectivity index (χ3n) is 9.64. The molecule has 1 aliphatic heterocycles. The first-order chi connectivity index (χ1) is 28.1. The summed E-state index contributed by atoms with van der Waals surface area (Å²) >= 11 is 1.93. The predicted molar refractivity (Wildman–Crippen MR) is 232 cm³/mol. The number of carbonyl (C=O) groups is 6. The number of ether oxygens (including phenoxy) is 3. The third-order valence-corrected chi connectivity index (χ3v) is 11.1. The van der Waals surface area contributed by atoms with Crippen LogP contribution >= 0.6 is 22.6 Å². The lowest BCUT2D eigenvalue weighted by Crippen LogP contribution is -2.60. The molecule has 0 spiro atoms. The van der Waals surface area contributed by atoms with Crippen LogP contribution in [0.1, 0.15) is 65.0 Å². The van der Waals surface area contributed by atoms with Gasteiger partial charge in [0, 0.05) is 23.9 Å². The van der Waals surface area contributed by atoms with Crippen molar-refractivity contribution < 1.29 is 43.0 Å². The van der Waals surface area contributed by atoms with Gasteiger partial charge in [0.25, 0.3) is 0 Å². The lowest BCUT2D eigenvalue weighted by Gasteiger charge is -2.32. The molecule has 2 aromatic rings. The van der Waals surface area contributed by atoms with Crippen LogP contribution in [0.2, 0.25) is 0 Å². The Kier molecular flexibility index (Phi) is 20.8. The highest BCUT2D eigenvalue weighted by atomic mass is 127. The van der Waals surface area contributed by atoms with Crippen molar-refractivity contribution in [3.05, 3.63) is 71.8 Å². The molecule has 4 amide bonds. The molecule has 15 heteroatoms. The third kappa shape index (κ3) is 17.3. The van der Waals surface area contributed by atoms with Gasteiger partial charge in [0.2, 0.25) is 23.6 Å². The number of carbonyl (C=O) groups excluding carboxylic acids is 6. The van der Waals surface area contributed by atoms with Crippen molar-refractivity contribution in [3.63, 3.8) is 0 Å². The number of alkyl halides is 1. The van der Waals surface area contributed by atoms with Crippen molar-refractivity contribution in [2.75, 3.05) is 43.9 Å². The van der Waals surface area contributed by atoms with E-state index < -0.39 is 59.4 Å². The Bertz CT molecular complexity index is 1720. The van der Waals surface area contributed by atoms with Crippen LogP contribution in [0.15, 0.2) is 60.7 Å². The highest BCUT2D eigenvalue weighted by molar-refractivity contribution is 14.1. The van der Waals surface area contributed by atoms with Crippen molar-refractivity contribution in [1.29, 1.82) is 0 Å². The molecule has 1 heterocycles. The quantitative estimate of drug-likeness (QED) is 0.0555. The molecule has 1 fully saturated rings. The second kappa shape index (κ2) is 25.2. The number of halogens is 1. The van der Waals surface area contributed by atoms with Crippen molar-refractivity contribution in [3.8, 4) is 12.3 Å². The number of morpholine rings is 1. The Morgan fingerprint density at radius 3 is 1.88 bits per heavy atom. The normalized spacial score (nSPS) is 16.0. The number of aryl methyl sites for hydroxylation is 1. The highest BCUT2D eigenvalue weighted by Crippen LogP contribution is 2.22. The fraction of sp³-hybridized carbons (Fsp3) is 0.545. The molecule has 0 saturated carbocycles. The fourth-order valence-electron chi connectivity index (χ4n) is 6.53. The molecule has 5 atom stereocenters. The molecule has 59 heavy (non-hydrogen) atoms. The van der Waals surface area contributed by atoms with E-state index in [0.29, 0.717) is 32.7 Å². The van der Waals surface area contributed by atoms with Gasteiger partial charge in [-0.15, -0.1) is 6.42 Å². The Hall–Kier alpha value is -4.53. The van der Waals surface area contributed by atoms with Gasteiger partial charge in [0.05, 0.1) is 25.8 Å². The van der Waals surface area contributed by atoms with E-state index in [1.54, 1.807) is 0 Å². The number of nitrogens with one attached hydrogen (secondary N) is 4. The largest absolute Gasteiger partial charge is 0.510 e. The standard InChI is InChI=1S/C44H60IN5O9/c1-7-22-58-43(56)59-44(6,29-45)39(52)35(25-30(2)3)47-42(55)37(27-33-16-12-9-13-17-33)49-41(54)36(26-31(4)5)48-40(53)34(19-18-32-14-10-8-11-15-32)46-38(51)28-50-20-23-57-24-21-50/h1,8-17,30-31,34-37H,18-29H2,2-6H3,(H,46,51)(H,47,55)(H,48,53)(H,49,54)/t34-,35?,36-,37-,44?/m0/s1. The van der Waals surface area contributed by atoms with Gasteiger partial charge in [0.1, 0.15) is 18.1 Å². The van der Waals surface area contributed by atoms with Crippen molar-refractivity contribution in [1.82, 2.24) is 26.2 Å². The van der Waals surface area contributed by atoms with Crippen LogP contribution in [0.5, 0.6) is 0 Å². The lowest BCUT2D eigenvalue weighted by molar-refractivity contribution is -0.141. The molecule has 0 aliphatic carbocycles. The molecule has 0 radical (unpaired) electrons. The number of hydrogen-bond donors (Lipinski definition) is 4. The van der Waals surface area contributed by atoms with Gasteiger partial charge in [-0.25, -0.2) is 4.79 Å². The molecule has 4 N–H and O–H groups in total. The zero-order chi connectivity index (χ0) is 43.4. The molecule has 3 rings (SSSR count). The summed E-state index contributed by atoms with van der Waals surface area (Å²) in [6.07, 6.45) is 5.38. The summed E-state index contributed by atoms with van der Waals surface area (Å²) in [6, 6.07) is 14.4. The molecule has 322 valence electrons. The number of hydrogen-bond acceptors (Lipinski definition) is 10. The minimum atomic E-state index is -1.67. The molecule has 0 bridgehead atoms. The van der Waals surface area contributed by atoms with Crippen molar-refractivity contribution >= 4 is 58.2 Å². The smallest absolute Gasteiger partial charge is 0.421 e. The first-order valence-corrected chi connectivity index (χ1v) is 21.6. The molecule has 2 aromatic carbocycles. The fourth-order valence-corrected chi connectivity index (χ4v) is 7.07. The Balaban J connectivity index is 1.87. The molecular weight excluding hydrogens is 869 g/mol. The monoisotopic (exact) mass is 929 g/mol. The molecule has 2 unspecified atom stereocenters. The minimum absolute atomic E-state index is 0.0440. The topological polar surface area (TPSA) is 181 Å². The molecule has 1 saturated heterocycles. The van der Waals surface area contributed by atoms with Crippen molar-refractivity contribution in [2.45, 2.75) is 96.5 Å². The van der Waals surface area contributed by atoms with Gasteiger partial charge in [-0.1, -0.05) is 117 Å². The maximum atomic E-state index is 14.3. The van der Waals surface area contributed by atoms with Crippen molar-refractivity contribution in [2.24, 2.45) is 11.8 Å². The number of nitrogens with zero attached hydrogens (tertiary/aromatic N) is 1. The Morgan fingerprint density at radius 2 is 1.31 bits per heavy atom. The summed E-state index contributed by atoms with van der Waals surface area (Å²) in [6.45, 7) is 11.0. The molecule has 1 aliphatic rings. The number of Topliss-reactive ketones (excluding diaryl/α,β-unsaturated/α-hetero) is 1. The maximum Gasteiger partial charge on any atom is 0.510 e. The molecular formula is C44H60IN5O9. The van der Waals surface area contributed by atoms with E-state index in [-0.39, 0.29) is 61.0 Å². The summed E-state index contributed by atoms with van der Waals surface area (Å²) < 4.78 is 15.8. The number of terminal acetylenes is 1. The van der Waals surface area contributed by atoms with Gasteiger partial charge in [-0.05, 0) is 55.6 Å². The van der Waals surface area contributed by atoms with Gasteiger partial charge < -0.3 is 35.5 Å². The summed E-state index contributed by atoms with van der Waals surface area (Å²) in [5, 5.41) is 11.5. The summed E-state index contributed by atoms with van der Waals surface area (Å²) in [7, 11) is 0. The van der Waals surface area contributed by atoms with E-state index in [4.69, 9.17) is 20.6 Å². The van der Waals surface area contributed by atoms with Crippen LogP contribution < -0.4 is 21.3 Å². The Labute approximate surface area is 362 Å². The lowest BCUT2D eigenvalue weighted by atomic mass is 9.90. The van der Waals surface area contributed by atoms with E-state index in [9.17, 15) is 28.8 Å². The van der Waals surface area contributed by atoms with E-state index in [1.807, 2.05) is 116 Å². The van der Waals surface area contributed by atoms with Crippen LogP contribution in [0.3, 0.4) is 0 Å².